The van der Waals surface area contributed by atoms with E-state index in [-0.39, 0.29) is 0 Å². The Hall–Kier alpha value is -2.70. The number of hydrogen-bond donors (Lipinski definition) is 2. The smallest absolute Gasteiger partial charge is 0.485 e. The number of nitrogens with zero attached hydrogens (tertiary/aromatic N) is 2. The van der Waals surface area contributed by atoms with E-state index in [9.17, 15) is 26.3 Å². The van der Waals surface area contributed by atoms with E-state index >= 15 is 0 Å². The Morgan fingerprint density at radius 3 is 1.06 bits per heavy atom. The average molecular weight is 542 g/mol. The van der Waals surface area contributed by atoms with Crippen molar-refractivity contribution in [1.29, 1.82) is 0 Å². The van der Waals surface area contributed by atoms with Gasteiger partial charge in [-0.25, -0.2) is 26.0 Å². The van der Waals surface area contributed by atoms with Crippen molar-refractivity contribution in [2.75, 3.05) is 23.7 Å². The summed E-state index contributed by atoms with van der Waals surface area (Å²) in [6.45, 7) is 1.80. The number of hydrogen-bond acceptors (Lipinski definition) is 8. The second-order valence-corrected chi connectivity index (χ2v) is 8.90. The van der Waals surface area contributed by atoms with E-state index in [1.165, 1.54) is 0 Å². The summed E-state index contributed by atoms with van der Waals surface area (Å²) in [5.74, 6) is 0. The Labute approximate surface area is 191 Å². The molecule has 0 atom stereocenters. The van der Waals surface area contributed by atoms with Crippen molar-refractivity contribution in [3.8, 4) is 0 Å². The van der Waals surface area contributed by atoms with Gasteiger partial charge in [0.2, 0.25) is 0 Å². The Balaban J connectivity index is 0.000000570. The first-order valence-corrected chi connectivity index (χ1v) is 11.5. The van der Waals surface area contributed by atoms with Crippen LogP contribution in [-0.2, 0) is 34.3 Å². The summed E-state index contributed by atoms with van der Waals surface area (Å²) < 4.78 is 122. The van der Waals surface area contributed by atoms with Crippen LogP contribution in [0, 0.1) is 0 Å². The second kappa shape index (κ2) is 12.7. The molecule has 0 saturated heterocycles. The predicted octanol–water partition coefficient (Wildman–Crippen LogP) is 0.962. The molecule has 0 aromatic carbocycles. The summed E-state index contributed by atoms with van der Waals surface area (Å²) in [5.41, 5.74) is -9.00. The van der Waals surface area contributed by atoms with Crippen LogP contribution in [0.25, 0.3) is 0 Å². The van der Waals surface area contributed by atoms with E-state index in [0.717, 1.165) is 24.5 Å². The predicted molar refractivity (Wildman–Crippen MR) is 104 cm³/mol. The monoisotopic (exact) mass is 542 g/mol. The van der Waals surface area contributed by atoms with Crippen LogP contribution in [0.15, 0.2) is 49.1 Å². The molecule has 0 fully saturated rings. The van der Waals surface area contributed by atoms with E-state index in [1.54, 1.807) is 0 Å². The largest absolute Gasteiger partial charge is 0.741 e. The molecule has 2 rings (SSSR count). The summed E-state index contributed by atoms with van der Waals surface area (Å²) in [6.07, 6.45) is 8.14. The zero-order chi connectivity index (χ0) is 26.8. The minimum atomic E-state index is -6.09. The van der Waals surface area contributed by atoms with Crippen molar-refractivity contribution in [1.82, 2.24) is 0 Å². The summed E-state index contributed by atoms with van der Waals surface area (Å²) >= 11 is 0. The number of alkyl halides is 6. The van der Waals surface area contributed by atoms with Gasteiger partial charge in [0.15, 0.2) is 45.0 Å². The second-order valence-electron chi connectivity index (χ2n) is 6.16. The number of anilines is 2. The van der Waals surface area contributed by atoms with Gasteiger partial charge < -0.3 is 19.7 Å². The van der Waals surface area contributed by atoms with Crippen molar-refractivity contribution >= 4 is 31.6 Å². The van der Waals surface area contributed by atoms with Crippen LogP contribution in [0.1, 0.15) is 0 Å². The molecule has 0 saturated carbocycles. The number of halogens is 6. The van der Waals surface area contributed by atoms with E-state index in [1.807, 2.05) is 48.0 Å². The Morgan fingerprint density at radius 2 is 0.882 bits per heavy atom. The lowest BCUT2D eigenvalue weighted by Crippen LogP contribution is -2.26. The number of aryl methyl sites for hydroxylation is 2. The third-order valence-corrected chi connectivity index (χ3v) is 4.44. The van der Waals surface area contributed by atoms with E-state index in [4.69, 9.17) is 25.9 Å². The van der Waals surface area contributed by atoms with Gasteiger partial charge in [-0.05, 0) is 0 Å². The number of pyridine rings is 2. The molecule has 0 radical (unpaired) electrons. The highest BCUT2D eigenvalue weighted by atomic mass is 32.2. The summed E-state index contributed by atoms with van der Waals surface area (Å²) in [6, 6.07) is 8.29. The normalized spacial score (nSPS) is 11.9. The lowest BCUT2D eigenvalue weighted by Gasteiger charge is -2.08. The summed E-state index contributed by atoms with van der Waals surface area (Å²) in [4.78, 5) is 0. The third-order valence-electron chi connectivity index (χ3n) is 3.31. The maximum Gasteiger partial charge on any atom is 0.485 e. The zero-order valence-corrected chi connectivity index (χ0v) is 19.1. The Bertz CT molecular complexity index is 1000. The van der Waals surface area contributed by atoms with Gasteiger partial charge in [0, 0.05) is 48.7 Å². The molecule has 0 spiro atoms. The van der Waals surface area contributed by atoms with Gasteiger partial charge in [0.1, 0.15) is 14.1 Å². The Kier molecular flexibility index (Phi) is 11.7. The van der Waals surface area contributed by atoms with Gasteiger partial charge in [-0.3, -0.25) is 0 Å². The highest BCUT2D eigenvalue weighted by molar-refractivity contribution is 7.86. The highest BCUT2D eigenvalue weighted by Crippen LogP contribution is 2.21. The zero-order valence-electron chi connectivity index (χ0n) is 17.5. The summed E-state index contributed by atoms with van der Waals surface area (Å²) in [7, 11) is -8.15. The first-order chi connectivity index (χ1) is 15.2. The molecule has 2 aromatic rings. The molecule has 0 amide bonds. The van der Waals surface area contributed by atoms with Crippen molar-refractivity contribution in [3.05, 3.63) is 49.1 Å². The minimum absolute atomic E-state index is 0.898. The van der Waals surface area contributed by atoms with Crippen LogP contribution in [0.3, 0.4) is 0 Å². The molecule has 2 N–H and O–H groups in total. The van der Waals surface area contributed by atoms with Gasteiger partial charge in [0.05, 0.1) is 0 Å². The molecule has 34 heavy (non-hydrogen) atoms. The van der Waals surface area contributed by atoms with Crippen LogP contribution in [0.5, 0.6) is 0 Å². The lowest BCUT2D eigenvalue weighted by molar-refractivity contribution is -0.671. The van der Waals surface area contributed by atoms with Crippen LogP contribution >= 0.6 is 0 Å². The fourth-order valence-corrected chi connectivity index (χ4v) is 1.65. The standard InChI is InChI=1S/C14H18N4.2CHF3O3S/c1-17-9-3-13(4-10-17)15-7-8-16-14-5-11-18(2)12-6-14;2*2-1(3,4)8(5,6)7/h3-6,9-12H,7-8H2,1-2H3;2*(H,5,6,7). The van der Waals surface area contributed by atoms with Gasteiger partial charge >= 0.3 is 11.0 Å². The van der Waals surface area contributed by atoms with E-state index < -0.39 is 31.3 Å². The highest BCUT2D eigenvalue weighted by Gasteiger charge is 2.37. The molecule has 2 heterocycles. The van der Waals surface area contributed by atoms with Crippen LogP contribution < -0.4 is 19.8 Å². The quantitative estimate of drug-likeness (QED) is 0.187. The molecule has 0 bridgehead atoms. The van der Waals surface area contributed by atoms with Crippen LogP contribution in [0.2, 0.25) is 0 Å². The SMILES string of the molecule is C[n+]1ccc(NCCNc2cc[n+](C)cc2)cc1.O=S(=O)([O-])C(F)(F)F.O=S(=O)([O-])C(F)(F)F. The summed E-state index contributed by atoms with van der Waals surface area (Å²) in [5, 5.41) is 6.74. The van der Waals surface area contributed by atoms with Crippen LogP contribution in [-0.4, -0.2) is 50.0 Å². The molecule has 18 heteroatoms. The third kappa shape index (κ3) is 13.1. The molecular weight excluding hydrogens is 522 g/mol. The molecule has 0 aliphatic rings. The first kappa shape index (κ1) is 31.3. The van der Waals surface area contributed by atoms with Crippen molar-refractivity contribution in [2.45, 2.75) is 11.0 Å². The molecule has 0 aliphatic heterocycles. The van der Waals surface area contributed by atoms with Crippen molar-refractivity contribution in [3.63, 3.8) is 0 Å². The van der Waals surface area contributed by atoms with Gasteiger partial charge in [-0.2, -0.15) is 26.3 Å². The topological polar surface area (TPSA) is 146 Å². The van der Waals surface area contributed by atoms with E-state index in [0.29, 0.717) is 0 Å². The minimum Gasteiger partial charge on any atom is -0.741 e. The number of nitrogens with one attached hydrogen (secondary N) is 2. The number of aromatic nitrogens is 2. The molecule has 10 nitrogen and oxygen atoms in total. The Morgan fingerprint density at radius 1 is 0.676 bits per heavy atom. The molecule has 194 valence electrons. The number of rotatable bonds is 5. The molecule has 2 aromatic heterocycles. The van der Waals surface area contributed by atoms with Gasteiger partial charge in [-0.15, -0.1) is 0 Å². The average Bonchev–Trinajstić information content (AvgIpc) is 2.66. The maximum atomic E-state index is 10.7. The van der Waals surface area contributed by atoms with Gasteiger partial charge in [0.25, 0.3) is 0 Å². The van der Waals surface area contributed by atoms with Crippen molar-refractivity contribution < 1.29 is 61.4 Å². The fourth-order valence-electron chi connectivity index (χ4n) is 1.65. The maximum absolute atomic E-state index is 10.7. The first-order valence-electron chi connectivity index (χ1n) is 8.66. The lowest BCUT2D eigenvalue weighted by atomic mass is 10.4. The fraction of sp³-hybridized carbons (Fsp3) is 0.375. The molecule has 0 aliphatic carbocycles. The molecular formula is C16H20F6N4O6S2. The van der Waals surface area contributed by atoms with Gasteiger partial charge in [-0.1, -0.05) is 0 Å². The molecule has 0 unspecified atom stereocenters. The van der Waals surface area contributed by atoms with E-state index in [2.05, 4.69) is 34.9 Å². The van der Waals surface area contributed by atoms with Crippen molar-refractivity contribution in [2.24, 2.45) is 14.1 Å². The van der Waals surface area contributed by atoms with Crippen LogP contribution in [0.4, 0.5) is 37.7 Å².